The highest BCUT2D eigenvalue weighted by atomic mass is 32.2. The molecule has 4 nitrogen and oxygen atoms in total. The summed E-state index contributed by atoms with van der Waals surface area (Å²) in [6.07, 6.45) is 0. The summed E-state index contributed by atoms with van der Waals surface area (Å²) in [5.41, 5.74) is 1.04. The van der Waals surface area contributed by atoms with Gasteiger partial charge in [0.05, 0.1) is 0 Å². The summed E-state index contributed by atoms with van der Waals surface area (Å²) in [6, 6.07) is 9.69. The average Bonchev–Trinajstić information content (AvgIpc) is 2.56. The molecular weight excluding hydrogens is 296 g/mol. The van der Waals surface area contributed by atoms with E-state index in [1.54, 1.807) is 0 Å². The van der Waals surface area contributed by atoms with Gasteiger partial charge in [0.1, 0.15) is 6.04 Å². The van der Waals surface area contributed by atoms with Crippen LogP contribution in [0, 0.1) is 5.92 Å². The van der Waals surface area contributed by atoms with E-state index >= 15 is 0 Å². The number of benzene rings is 1. The number of aliphatic hydroxyl groups is 1. The molecule has 2 rings (SSSR count). The van der Waals surface area contributed by atoms with Crippen LogP contribution in [0.15, 0.2) is 30.3 Å². The summed E-state index contributed by atoms with van der Waals surface area (Å²) >= 11 is 1.94. The smallest absolute Gasteiger partial charge is 0.242 e. The summed E-state index contributed by atoms with van der Waals surface area (Å²) in [5.74, 6) is 2.22. The number of hydrogen-bond donors (Lipinski definition) is 2. The quantitative estimate of drug-likeness (QED) is 0.840. The minimum atomic E-state index is -0.240. The maximum Gasteiger partial charge on any atom is 0.242 e. The molecule has 1 aliphatic rings. The Hall–Kier alpha value is -1.04. The Labute approximate surface area is 137 Å². The van der Waals surface area contributed by atoms with E-state index < -0.39 is 0 Å². The van der Waals surface area contributed by atoms with Gasteiger partial charge in [-0.2, -0.15) is 11.8 Å². The van der Waals surface area contributed by atoms with Crippen molar-refractivity contribution in [3.63, 3.8) is 0 Å². The first kappa shape index (κ1) is 17.3. The Morgan fingerprint density at radius 3 is 2.50 bits per heavy atom. The number of hydrogen-bond acceptors (Lipinski definition) is 4. The number of thioether (sulfide) groups is 1. The van der Waals surface area contributed by atoms with Gasteiger partial charge < -0.3 is 10.4 Å². The van der Waals surface area contributed by atoms with Crippen molar-refractivity contribution in [3.05, 3.63) is 35.9 Å². The van der Waals surface area contributed by atoms with Crippen LogP contribution in [0.25, 0.3) is 0 Å². The van der Waals surface area contributed by atoms with Crippen molar-refractivity contribution in [2.45, 2.75) is 25.9 Å². The lowest BCUT2D eigenvalue weighted by molar-refractivity contribution is -0.127. The summed E-state index contributed by atoms with van der Waals surface area (Å²) < 4.78 is 0. The number of carbonyl (C=O) groups excluding carboxylic acids is 1. The van der Waals surface area contributed by atoms with E-state index in [1.165, 1.54) is 0 Å². The number of nitrogens with zero attached hydrogens (tertiary/aromatic N) is 1. The van der Waals surface area contributed by atoms with E-state index in [-0.39, 0.29) is 30.5 Å². The maximum absolute atomic E-state index is 12.8. The fourth-order valence-corrected chi connectivity index (χ4v) is 3.53. The van der Waals surface area contributed by atoms with Gasteiger partial charge >= 0.3 is 0 Å². The first-order valence-electron chi connectivity index (χ1n) is 7.91. The third kappa shape index (κ3) is 4.48. The van der Waals surface area contributed by atoms with E-state index in [9.17, 15) is 9.90 Å². The lowest BCUT2D eigenvalue weighted by atomic mass is 10.0. The zero-order valence-electron chi connectivity index (χ0n) is 13.4. The predicted molar refractivity (Wildman–Crippen MR) is 91.9 cm³/mol. The van der Waals surface area contributed by atoms with Crippen LogP contribution in [0.1, 0.15) is 25.5 Å². The molecule has 3 atom stereocenters. The van der Waals surface area contributed by atoms with E-state index in [1.807, 2.05) is 55.9 Å². The van der Waals surface area contributed by atoms with Gasteiger partial charge in [-0.05, 0) is 18.4 Å². The molecule has 1 aromatic rings. The first-order valence-corrected chi connectivity index (χ1v) is 9.07. The van der Waals surface area contributed by atoms with Crippen LogP contribution < -0.4 is 5.32 Å². The number of amides is 1. The Morgan fingerprint density at radius 2 is 1.91 bits per heavy atom. The number of aliphatic hydroxyl groups excluding tert-OH is 1. The van der Waals surface area contributed by atoms with E-state index in [2.05, 4.69) is 10.2 Å². The normalized spacial score (nSPS) is 20.1. The van der Waals surface area contributed by atoms with Gasteiger partial charge in [0, 0.05) is 37.2 Å². The Balaban J connectivity index is 2.15. The highest BCUT2D eigenvalue weighted by Crippen LogP contribution is 2.24. The molecule has 0 saturated carbocycles. The zero-order valence-corrected chi connectivity index (χ0v) is 14.2. The van der Waals surface area contributed by atoms with Crippen LogP contribution in [0.3, 0.4) is 0 Å². The molecule has 1 saturated heterocycles. The largest absolute Gasteiger partial charge is 0.396 e. The first-order chi connectivity index (χ1) is 10.6. The molecule has 1 amide bonds. The Kier molecular flexibility index (Phi) is 6.73. The second-order valence-electron chi connectivity index (χ2n) is 5.92. The molecule has 1 aliphatic heterocycles. The predicted octanol–water partition coefficient (Wildman–Crippen LogP) is 1.91. The summed E-state index contributed by atoms with van der Waals surface area (Å²) in [5, 5.41) is 12.3. The van der Waals surface area contributed by atoms with E-state index in [0.29, 0.717) is 0 Å². The third-order valence-corrected chi connectivity index (χ3v) is 5.23. The lowest BCUT2D eigenvalue weighted by Gasteiger charge is -2.34. The monoisotopic (exact) mass is 322 g/mol. The van der Waals surface area contributed by atoms with Crippen LogP contribution in [-0.2, 0) is 4.79 Å². The summed E-state index contributed by atoms with van der Waals surface area (Å²) in [6.45, 7) is 5.84. The van der Waals surface area contributed by atoms with E-state index in [4.69, 9.17) is 0 Å². The van der Waals surface area contributed by atoms with Gasteiger partial charge in [-0.15, -0.1) is 0 Å². The van der Waals surface area contributed by atoms with Crippen LogP contribution in [0.4, 0.5) is 0 Å². The maximum atomic E-state index is 12.8. The molecule has 0 radical (unpaired) electrons. The van der Waals surface area contributed by atoms with Crippen molar-refractivity contribution in [3.8, 4) is 0 Å². The van der Waals surface area contributed by atoms with Gasteiger partial charge in [0.25, 0.3) is 0 Å². The van der Waals surface area contributed by atoms with Crippen molar-refractivity contribution < 1.29 is 9.90 Å². The molecule has 0 aromatic heterocycles. The van der Waals surface area contributed by atoms with Crippen molar-refractivity contribution in [2.75, 3.05) is 31.2 Å². The van der Waals surface area contributed by atoms with Crippen LogP contribution in [-0.4, -0.2) is 53.2 Å². The molecule has 5 heteroatoms. The average molecular weight is 322 g/mol. The fourth-order valence-electron chi connectivity index (χ4n) is 2.60. The van der Waals surface area contributed by atoms with Crippen LogP contribution >= 0.6 is 11.8 Å². The molecule has 1 heterocycles. The zero-order chi connectivity index (χ0) is 15.9. The summed E-state index contributed by atoms with van der Waals surface area (Å²) in [4.78, 5) is 15.1. The second kappa shape index (κ2) is 8.56. The molecule has 3 unspecified atom stereocenters. The number of rotatable bonds is 6. The minimum Gasteiger partial charge on any atom is -0.396 e. The molecule has 1 aromatic carbocycles. The van der Waals surface area contributed by atoms with Crippen molar-refractivity contribution in [2.24, 2.45) is 5.92 Å². The number of nitrogens with one attached hydrogen (secondary N) is 1. The van der Waals surface area contributed by atoms with E-state index in [0.717, 1.165) is 30.2 Å². The minimum absolute atomic E-state index is 0.0332. The van der Waals surface area contributed by atoms with Crippen molar-refractivity contribution in [1.82, 2.24) is 10.2 Å². The van der Waals surface area contributed by atoms with Gasteiger partial charge in [-0.25, -0.2) is 0 Å². The SMILES string of the molecule is CC(CO)C(C)NC(=O)C(c1ccccc1)N1CCSCC1. The fraction of sp³-hybridized carbons (Fsp3) is 0.588. The molecular formula is C17H26N2O2S. The Bertz CT molecular complexity index is 463. The van der Waals surface area contributed by atoms with Crippen molar-refractivity contribution >= 4 is 17.7 Å². The molecule has 0 aliphatic carbocycles. The Morgan fingerprint density at radius 1 is 1.27 bits per heavy atom. The molecule has 1 fully saturated rings. The second-order valence-corrected chi connectivity index (χ2v) is 7.14. The topological polar surface area (TPSA) is 52.6 Å². The van der Waals surface area contributed by atoms with Crippen LogP contribution in [0.5, 0.6) is 0 Å². The molecule has 22 heavy (non-hydrogen) atoms. The highest BCUT2D eigenvalue weighted by molar-refractivity contribution is 7.99. The van der Waals surface area contributed by atoms with Gasteiger partial charge in [0.2, 0.25) is 5.91 Å². The lowest BCUT2D eigenvalue weighted by Crippen LogP contribution is -2.48. The highest BCUT2D eigenvalue weighted by Gasteiger charge is 2.30. The molecule has 0 spiro atoms. The summed E-state index contributed by atoms with van der Waals surface area (Å²) in [7, 11) is 0. The number of carbonyl (C=O) groups is 1. The molecule has 0 bridgehead atoms. The van der Waals surface area contributed by atoms with Gasteiger partial charge in [-0.3, -0.25) is 9.69 Å². The van der Waals surface area contributed by atoms with Gasteiger partial charge in [0.15, 0.2) is 0 Å². The van der Waals surface area contributed by atoms with Gasteiger partial charge in [-0.1, -0.05) is 37.3 Å². The van der Waals surface area contributed by atoms with Crippen molar-refractivity contribution in [1.29, 1.82) is 0 Å². The molecule has 2 N–H and O–H groups in total. The van der Waals surface area contributed by atoms with Crippen LogP contribution in [0.2, 0.25) is 0 Å². The molecule has 122 valence electrons. The standard InChI is InChI=1S/C17H26N2O2S/c1-13(12-20)14(2)18-17(21)16(15-6-4-3-5-7-15)19-8-10-22-11-9-19/h3-7,13-14,16,20H,8-12H2,1-2H3,(H,18,21). The third-order valence-electron chi connectivity index (χ3n) is 4.29.